The van der Waals surface area contributed by atoms with Gasteiger partial charge in [-0.2, -0.15) is 11.8 Å². The Morgan fingerprint density at radius 1 is 1.54 bits per heavy atom. The molecule has 0 atom stereocenters. The van der Waals surface area contributed by atoms with Crippen molar-refractivity contribution in [1.82, 2.24) is 4.90 Å². The SMILES string of the molecule is CSCC(=O)N(CC(C)C)C1CC1. The van der Waals surface area contributed by atoms with E-state index >= 15 is 0 Å². The van der Waals surface area contributed by atoms with Crippen LogP contribution in [0.25, 0.3) is 0 Å². The highest BCUT2D eigenvalue weighted by Crippen LogP contribution is 2.27. The van der Waals surface area contributed by atoms with Crippen LogP contribution in [-0.2, 0) is 4.79 Å². The van der Waals surface area contributed by atoms with Gasteiger partial charge in [0.05, 0.1) is 5.75 Å². The second-order valence-corrected chi connectivity index (χ2v) is 4.97. The molecule has 0 heterocycles. The molecule has 1 aliphatic rings. The van der Waals surface area contributed by atoms with E-state index in [0.29, 0.717) is 23.6 Å². The molecular formula is C10H19NOS. The molecule has 1 fully saturated rings. The molecule has 1 saturated carbocycles. The highest BCUT2D eigenvalue weighted by atomic mass is 32.2. The average Bonchev–Trinajstić information content (AvgIpc) is 2.82. The van der Waals surface area contributed by atoms with E-state index in [1.807, 2.05) is 6.26 Å². The van der Waals surface area contributed by atoms with E-state index in [1.165, 1.54) is 12.8 Å². The number of carbonyl (C=O) groups excluding carboxylic acids is 1. The molecule has 0 spiro atoms. The predicted octanol–water partition coefficient (Wildman–Crippen LogP) is 2.00. The fourth-order valence-electron chi connectivity index (χ4n) is 1.44. The number of rotatable bonds is 5. The van der Waals surface area contributed by atoms with Crippen LogP contribution in [0.15, 0.2) is 0 Å². The summed E-state index contributed by atoms with van der Waals surface area (Å²) in [4.78, 5) is 13.7. The van der Waals surface area contributed by atoms with Gasteiger partial charge in [-0.25, -0.2) is 0 Å². The maximum Gasteiger partial charge on any atom is 0.232 e. The van der Waals surface area contributed by atoms with Crippen molar-refractivity contribution in [3.8, 4) is 0 Å². The zero-order chi connectivity index (χ0) is 9.84. The number of hydrogen-bond donors (Lipinski definition) is 0. The van der Waals surface area contributed by atoms with Gasteiger partial charge in [0, 0.05) is 12.6 Å². The van der Waals surface area contributed by atoms with Crippen molar-refractivity contribution >= 4 is 17.7 Å². The Bertz CT molecular complexity index is 178. The monoisotopic (exact) mass is 201 g/mol. The Kier molecular flexibility index (Phi) is 4.10. The summed E-state index contributed by atoms with van der Waals surface area (Å²) in [7, 11) is 0. The minimum atomic E-state index is 0.323. The summed E-state index contributed by atoms with van der Waals surface area (Å²) in [5, 5.41) is 0. The molecule has 0 aromatic carbocycles. The van der Waals surface area contributed by atoms with E-state index < -0.39 is 0 Å². The van der Waals surface area contributed by atoms with Crippen LogP contribution in [0.1, 0.15) is 26.7 Å². The summed E-state index contributed by atoms with van der Waals surface area (Å²) >= 11 is 1.62. The van der Waals surface area contributed by atoms with Crippen molar-refractivity contribution in [1.29, 1.82) is 0 Å². The third-order valence-electron chi connectivity index (χ3n) is 2.14. The third kappa shape index (κ3) is 3.59. The normalized spacial score (nSPS) is 16.3. The first-order valence-corrected chi connectivity index (χ1v) is 6.33. The maximum atomic E-state index is 11.7. The molecule has 0 aliphatic heterocycles. The van der Waals surface area contributed by atoms with Crippen LogP contribution in [0.5, 0.6) is 0 Å². The van der Waals surface area contributed by atoms with Crippen LogP contribution < -0.4 is 0 Å². The lowest BCUT2D eigenvalue weighted by atomic mass is 10.2. The summed E-state index contributed by atoms with van der Waals surface area (Å²) in [5.41, 5.74) is 0. The predicted molar refractivity (Wildman–Crippen MR) is 58.0 cm³/mol. The molecule has 0 N–H and O–H groups in total. The first-order chi connectivity index (χ1) is 6.15. The minimum Gasteiger partial charge on any atom is -0.339 e. The molecule has 1 amide bonds. The molecule has 1 aliphatic carbocycles. The van der Waals surface area contributed by atoms with Gasteiger partial charge in [0.15, 0.2) is 0 Å². The highest BCUT2D eigenvalue weighted by Gasteiger charge is 2.32. The zero-order valence-corrected chi connectivity index (χ0v) is 9.56. The van der Waals surface area contributed by atoms with Crippen LogP contribution in [0.2, 0.25) is 0 Å². The molecule has 0 unspecified atom stereocenters. The molecular weight excluding hydrogens is 182 g/mol. The van der Waals surface area contributed by atoms with E-state index in [0.717, 1.165) is 6.54 Å². The van der Waals surface area contributed by atoms with E-state index in [-0.39, 0.29) is 0 Å². The Morgan fingerprint density at radius 2 is 2.15 bits per heavy atom. The molecule has 2 nitrogen and oxygen atoms in total. The summed E-state index contributed by atoms with van der Waals surface area (Å²) in [5.74, 6) is 1.55. The number of nitrogens with zero attached hydrogens (tertiary/aromatic N) is 1. The molecule has 76 valence electrons. The lowest BCUT2D eigenvalue weighted by Crippen LogP contribution is -2.37. The highest BCUT2D eigenvalue weighted by molar-refractivity contribution is 7.99. The van der Waals surface area contributed by atoms with E-state index in [1.54, 1.807) is 11.8 Å². The number of thioether (sulfide) groups is 1. The number of hydrogen-bond acceptors (Lipinski definition) is 2. The lowest BCUT2D eigenvalue weighted by Gasteiger charge is -2.24. The van der Waals surface area contributed by atoms with Gasteiger partial charge < -0.3 is 4.90 Å². The summed E-state index contributed by atoms with van der Waals surface area (Å²) < 4.78 is 0. The lowest BCUT2D eigenvalue weighted by molar-refractivity contribution is -0.129. The van der Waals surface area contributed by atoms with Crippen LogP contribution >= 0.6 is 11.8 Å². The van der Waals surface area contributed by atoms with Crippen molar-refractivity contribution < 1.29 is 4.79 Å². The summed E-state index contributed by atoms with van der Waals surface area (Å²) in [6, 6.07) is 0.571. The summed E-state index contributed by atoms with van der Waals surface area (Å²) in [6.45, 7) is 5.27. The topological polar surface area (TPSA) is 20.3 Å². The van der Waals surface area contributed by atoms with Crippen LogP contribution in [-0.4, -0.2) is 35.4 Å². The molecule has 1 rings (SSSR count). The Morgan fingerprint density at radius 3 is 2.54 bits per heavy atom. The van der Waals surface area contributed by atoms with E-state index in [2.05, 4.69) is 18.7 Å². The van der Waals surface area contributed by atoms with Gasteiger partial charge in [-0.05, 0) is 25.0 Å². The molecule has 0 saturated heterocycles. The zero-order valence-electron chi connectivity index (χ0n) is 8.75. The molecule has 0 aromatic rings. The van der Waals surface area contributed by atoms with Crippen LogP contribution in [0.3, 0.4) is 0 Å². The van der Waals surface area contributed by atoms with Gasteiger partial charge in [0.25, 0.3) is 0 Å². The number of amides is 1. The van der Waals surface area contributed by atoms with Gasteiger partial charge in [-0.3, -0.25) is 4.79 Å². The Hall–Kier alpha value is -0.180. The second-order valence-electron chi connectivity index (χ2n) is 4.10. The van der Waals surface area contributed by atoms with Crippen molar-refractivity contribution in [2.75, 3.05) is 18.6 Å². The van der Waals surface area contributed by atoms with E-state index in [4.69, 9.17) is 0 Å². The standard InChI is InChI=1S/C10H19NOS/c1-8(2)6-11(9-4-5-9)10(12)7-13-3/h8-9H,4-7H2,1-3H3. The fraction of sp³-hybridized carbons (Fsp3) is 0.900. The maximum absolute atomic E-state index is 11.7. The fourth-order valence-corrected chi connectivity index (χ4v) is 1.85. The van der Waals surface area contributed by atoms with Crippen LogP contribution in [0.4, 0.5) is 0 Å². The largest absolute Gasteiger partial charge is 0.339 e. The van der Waals surface area contributed by atoms with Crippen molar-refractivity contribution in [3.63, 3.8) is 0 Å². The molecule has 3 heteroatoms. The molecule has 0 aromatic heterocycles. The van der Waals surface area contributed by atoms with E-state index in [9.17, 15) is 4.79 Å². The van der Waals surface area contributed by atoms with Gasteiger partial charge in [0.2, 0.25) is 5.91 Å². The molecule has 13 heavy (non-hydrogen) atoms. The smallest absolute Gasteiger partial charge is 0.232 e. The first kappa shape index (κ1) is 10.9. The quantitative estimate of drug-likeness (QED) is 0.678. The van der Waals surface area contributed by atoms with Gasteiger partial charge in [-0.1, -0.05) is 13.8 Å². The molecule has 0 bridgehead atoms. The van der Waals surface area contributed by atoms with Crippen LogP contribution in [0, 0.1) is 5.92 Å². The van der Waals surface area contributed by atoms with Crippen molar-refractivity contribution in [3.05, 3.63) is 0 Å². The number of carbonyl (C=O) groups is 1. The third-order valence-corrected chi connectivity index (χ3v) is 2.67. The van der Waals surface area contributed by atoms with Gasteiger partial charge in [0.1, 0.15) is 0 Å². The Labute approximate surface area is 85.1 Å². The first-order valence-electron chi connectivity index (χ1n) is 4.93. The van der Waals surface area contributed by atoms with Crippen molar-refractivity contribution in [2.45, 2.75) is 32.7 Å². The minimum absolute atomic E-state index is 0.323. The average molecular weight is 201 g/mol. The van der Waals surface area contributed by atoms with Gasteiger partial charge >= 0.3 is 0 Å². The summed E-state index contributed by atoms with van der Waals surface area (Å²) in [6.07, 6.45) is 4.41. The molecule has 0 radical (unpaired) electrons. The van der Waals surface area contributed by atoms with Gasteiger partial charge in [-0.15, -0.1) is 0 Å². The Balaban J connectivity index is 2.41. The van der Waals surface area contributed by atoms with Crippen molar-refractivity contribution in [2.24, 2.45) is 5.92 Å². The second kappa shape index (κ2) is 4.89.